The topological polar surface area (TPSA) is 64.9 Å². The lowest BCUT2D eigenvalue weighted by Gasteiger charge is -2.02. The fourth-order valence-electron chi connectivity index (χ4n) is 2.30. The number of hydrogen-bond donors (Lipinski definition) is 1. The van der Waals surface area contributed by atoms with Gasteiger partial charge in [0.1, 0.15) is 11.6 Å². The van der Waals surface area contributed by atoms with E-state index in [4.69, 9.17) is 10.3 Å². The molecule has 0 saturated carbocycles. The van der Waals surface area contributed by atoms with E-state index in [2.05, 4.69) is 10.1 Å². The number of benzene rings is 1. The lowest BCUT2D eigenvalue weighted by Crippen LogP contribution is -2.14. The van der Waals surface area contributed by atoms with Gasteiger partial charge in [0.05, 0.1) is 5.92 Å². The Morgan fingerprint density at radius 2 is 1.95 bits per heavy atom. The largest absolute Gasteiger partial charge is 0.339 e. The maximum absolute atomic E-state index is 13.1. The third kappa shape index (κ3) is 2.75. The summed E-state index contributed by atoms with van der Waals surface area (Å²) in [5, 5.41) is 3.83. The number of rotatable bonds is 3. The number of aromatic nitrogens is 2. The molecule has 1 aliphatic carbocycles. The van der Waals surface area contributed by atoms with Crippen molar-refractivity contribution in [2.75, 3.05) is 0 Å². The second-order valence-corrected chi connectivity index (χ2v) is 4.89. The summed E-state index contributed by atoms with van der Waals surface area (Å²) in [6, 6.07) is 3.35. The molecule has 0 radical (unpaired) electrons. The van der Waals surface area contributed by atoms with Crippen LogP contribution in [0.25, 0.3) is 0 Å². The van der Waals surface area contributed by atoms with Gasteiger partial charge in [0.25, 0.3) is 0 Å². The minimum atomic E-state index is -0.617. The van der Waals surface area contributed by atoms with E-state index >= 15 is 0 Å². The lowest BCUT2D eigenvalue weighted by molar-refractivity contribution is 0.360. The van der Waals surface area contributed by atoms with Gasteiger partial charge in [-0.05, 0) is 24.1 Å². The average molecular weight is 277 g/mol. The van der Waals surface area contributed by atoms with E-state index in [9.17, 15) is 8.78 Å². The van der Waals surface area contributed by atoms with Crippen molar-refractivity contribution in [1.29, 1.82) is 0 Å². The van der Waals surface area contributed by atoms with Crippen molar-refractivity contribution >= 4 is 0 Å². The van der Waals surface area contributed by atoms with E-state index < -0.39 is 11.6 Å². The molecule has 1 heterocycles. The molecular weight excluding hydrogens is 264 g/mol. The van der Waals surface area contributed by atoms with E-state index in [0.29, 0.717) is 17.3 Å². The Bertz CT molecular complexity index is 633. The third-order valence-corrected chi connectivity index (χ3v) is 3.20. The van der Waals surface area contributed by atoms with Gasteiger partial charge in [-0.15, -0.1) is 0 Å². The fraction of sp³-hybridized carbons (Fsp3) is 0.286. The summed E-state index contributed by atoms with van der Waals surface area (Å²) in [5.41, 5.74) is 6.23. The molecule has 20 heavy (non-hydrogen) atoms. The molecule has 2 N–H and O–H groups in total. The Morgan fingerprint density at radius 1 is 1.20 bits per heavy atom. The van der Waals surface area contributed by atoms with Crippen LogP contribution >= 0.6 is 0 Å². The van der Waals surface area contributed by atoms with Crippen LogP contribution in [0.3, 0.4) is 0 Å². The SMILES string of the molecule is NC1C=CC(c2nc(Cc3cc(F)cc(F)c3)no2)C1. The highest BCUT2D eigenvalue weighted by Gasteiger charge is 2.23. The summed E-state index contributed by atoms with van der Waals surface area (Å²) in [5.74, 6) is -0.322. The molecule has 0 fully saturated rings. The van der Waals surface area contributed by atoms with Crippen LogP contribution in [-0.2, 0) is 6.42 Å². The van der Waals surface area contributed by atoms with Crippen LogP contribution in [0.4, 0.5) is 8.78 Å². The molecular formula is C14H13F2N3O. The first-order chi connectivity index (χ1) is 9.60. The molecule has 4 nitrogen and oxygen atoms in total. The lowest BCUT2D eigenvalue weighted by atomic mass is 10.1. The maximum atomic E-state index is 13.1. The zero-order valence-corrected chi connectivity index (χ0v) is 10.6. The Morgan fingerprint density at radius 3 is 2.60 bits per heavy atom. The van der Waals surface area contributed by atoms with E-state index in [1.54, 1.807) is 0 Å². The standard InChI is InChI=1S/C14H13F2N3O/c15-10-3-8(4-11(16)7-10)5-13-18-14(20-19-13)9-1-2-12(17)6-9/h1-4,7,9,12H,5-6,17H2. The molecule has 0 bridgehead atoms. The van der Waals surface area contributed by atoms with E-state index in [-0.39, 0.29) is 18.4 Å². The second kappa shape index (κ2) is 5.13. The molecule has 1 aromatic heterocycles. The summed E-state index contributed by atoms with van der Waals surface area (Å²) in [6.45, 7) is 0. The Labute approximate surface area is 114 Å². The van der Waals surface area contributed by atoms with Crippen molar-refractivity contribution in [1.82, 2.24) is 10.1 Å². The van der Waals surface area contributed by atoms with E-state index in [1.165, 1.54) is 12.1 Å². The number of hydrogen-bond acceptors (Lipinski definition) is 4. The molecule has 2 unspecified atom stereocenters. The van der Waals surface area contributed by atoms with Crippen molar-refractivity contribution in [2.45, 2.75) is 24.8 Å². The highest BCUT2D eigenvalue weighted by atomic mass is 19.1. The zero-order valence-electron chi connectivity index (χ0n) is 10.6. The van der Waals surface area contributed by atoms with Crippen molar-refractivity contribution in [3.05, 3.63) is 59.3 Å². The first kappa shape index (κ1) is 12.9. The molecule has 3 rings (SSSR count). The highest BCUT2D eigenvalue weighted by Crippen LogP contribution is 2.26. The van der Waals surface area contributed by atoms with Gasteiger partial charge in [-0.3, -0.25) is 0 Å². The van der Waals surface area contributed by atoms with Crippen LogP contribution in [0.1, 0.15) is 29.6 Å². The maximum Gasteiger partial charge on any atom is 0.233 e. The molecule has 0 aliphatic heterocycles. The summed E-state index contributed by atoms with van der Waals surface area (Å²) in [4.78, 5) is 4.25. The van der Waals surface area contributed by atoms with Crippen molar-refractivity contribution in [2.24, 2.45) is 5.73 Å². The van der Waals surface area contributed by atoms with Gasteiger partial charge < -0.3 is 10.3 Å². The number of nitrogens with zero attached hydrogens (tertiary/aromatic N) is 2. The molecule has 2 atom stereocenters. The molecule has 1 aliphatic rings. The fourth-order valence-corrected chi connectivity index (χ4v) is 2.30. The smallest absolute Gasteiger partial charge is 0.233 e. The van der Waals surface area contributed by atoms with Crippen LogP contribution < -0.4 is 5.73 Å². The first-order valence-corrected chi connectivity index (χ1v) is 6.31. The highest BCUT2D eigenvalue weighted by molar-refractivity contribution is 5.22. The van der Waals surface area contributed by atoms with Gasteiger partial charge in [0.2, 0.25) is 5.89 Å². The van der Waals surface area contributed by atoms with Crippen LogP contribution in [-0.4, -0.2) is 16.2 Å². The molecule has 0 spiro atoms. The quantitative estimate of drug-likeness (QED) is 0.874. The van der Waals surface area contributed by atoms with E-state index in [1.807, 2.05) is 12.2 Å². The Balaban J connectivity index is 1.75. The minimum Gasteiger partial charge on any atom is -0.339 e. The second-order valence-electron chi connectivity index (χ2n) is 4.89. The monoisotopic (exact) mass is 277 g/mol. The van der Waals surface area contributed by atoms with Crippen molar-refractivity contribution in [3.8, 4) is 0 Å². The van der Waals surface area contributed by atoms with Gasteiger partial charge in [-0.2, -0.15) is 4.98 Å². The number of nitrogens with two attached hydrogens (primary N) is 1. The van der Waals surface area contributed by atoms with E-state index in [0.717, 1.165) is 12.5 Å². The van der Waals surface area contributed by atoms with Crippen LogP contribution in [0.15, 0.2) is 34.9 Å². The molecule has 6 heteroatoms. The zero-order chi connectivity index (χ0) is 14.1. The molecule has 0 saturated heterocycles. The Hall–Kier alpha value is -2.08. The predicted octanol–water partition coefficient (Wildman–Crippen LogP) is 2.31. The minimum absolute atomic E-state index is 0.00710. The third-order valence-electron chi connectivity index (χ3n) is 3.20. The normalized spacial score (nSPS) is 21.6. The summed E-state index contributed by atoms with van der Waals surface area (Å²) in [7, 11) is 0. The summed E-state index contributed by atoms with van der Waals surface area (Å²) < 4.78 is 31.4. The van der Waals surface area contributed by atoms with Gasteiger partial charge in [0.15, 0.2) is 5.82 Å². The molecule has 2 aromatic rings. The van der Waals surface area contributed by atoms with Gasteiger partial charge >= 0.3 is 0 Å². The van der Waals surface area contributed by atoms with Crippen molar-refractivity contribution < 1.29 is 13.3 Å². The van der Waals surface area contributed by atoms with Gasteiger partial charge in [-0.1, -0.05) is 17.3 Å². The first-order valence-electron chi connectivity index (χ1n) is 6.31. The van der Waals surface area contributed by atoms with Crippen LogP contribution in [0, 0.1) is 11.6 Å². The van der Waals surface area contributed by atoms with Crippen LogP contribution in [0.2, 0.25) is 0 Å². The molecule has 104 valence electrons. The van der Waals surface area contributed by atoms with Gasteiger partial charge in [-0.25, -0.2) is 8.78 Å². The molecule has 1 aromatic carbocycles. The summed E-state index contributed by atoms with van der Waals surface area (Å²) >= 11 is 0. The molecule has 0 amide bonds. The summed E-state index contributed by atoms with van der Waals surface area (Å²) in [6.07, 6.45) is 4.79. The average Bonchev–Trinajstić information content (AvgIpc) is 2.96. The van der Waals surface area contributed by atoms with Gasteiger partial charge in [0, 0.05) is 18.5 Å². The number of halogens is 2. The Kier molecular flexibility index (Phi) is 3.31. The predicted molar refractivity (Wildman–Crippen MR) is 67.9 cm³/mol. The van der Waals surface area contributed by atoms with Crippen molar-refractivity contribution in [3.63, 3.8) is 0 Å². The number of allylic oxidation sites excluding steroid dienone is 1. The van der Waals surface area contributed by atoms with Crippen LogP contribution in [0.5, 0.6) is 0 Å².